The van der Waals surface area contributed by atoms with E-state index in [0.717, 1.165) is 0 Å². The topological polar surface area (TPSA) is 83.6 Å². The molecule has 3 aromatic rings. The van der Waals surface area contributed by atoms with Crippen molar-refractivity contribution in [1.82, 2.24) is 4.98 Å². The van der Waals surface area contributed by atoms with E-state index < -0.39 is 5.97 Å². The van der Waals surface area contributed by atoms with Crippen LogP contribution in [0.3, 0.4) is 0 Å². The lowest BCUT2D eigenvalue weighted by Gasteiger charge is -2.05. The van der Waals surface area contributed by atoms with Gasteiger partial charge in [0.15, 0.2) is 5.76 Å². The molecule has 0 aliphatic heterocycles. The van der Waals surface area contributed by atoms with E-state index in [2.05, 4.69) is 4.98 Å². The molecule has 0 bridgehead atoms. The molecule has 3 rings (SSSR count). The molecule has 2 aromatic heterocycles. The van der Waals surface area contributed by atoms with Crippen molar-refractivity contribution in [1.29, 1.82) is 0 Å². The third-order valence-electron chi connectivity index (χ3n) is 2.80. The molecule has 0 spiro atoms. The monoisotopic (exact) mass is 255 g/mol. The molecule has 0 unspecified atom stereocenters. The van der Waals surface area contributed by atoms with Crippen LogP contribution in [0.1, 0.15) is 10.4 Å². The van der Waals surface area contributed by atoms with E-state index >= 15 is 0 Å². The summed E-state index contributed by atoms with van der Waals surface area (Å²) in [6.45, 7) is 0. The Labute approximate surface area is 107 Å². The van der Waals surface area contributed by atoms with Crippen molar-refractivity contribution in [2.24, 2.45) is 0 Å². The number of hydrogen-bond acceptors (Lipinski definition) is 4. The molecule has 0 aliphatic rings. The van der Waals surface area contributed by atoms with Crippen LogP contribution in [-0.4, -0.2) is 21.2 Å². The fourth-order valence-corrected chi connectivity index (χ4v) is 1.94. The van der Waals surface area contributed by atoms with Gasteiger partial charge in [0.25, 0.3) is 0 Å². The highest BCUT2D eigenvalue weighted by Gasteiger charge is 2.14. The number of carboxylic acid groups (broad SMARTS) is 1. The van der Waals surface area contributed by atoms with Crippen LogP contribution >= 0.6 is 0 Å². The highest BCUT2D eigenvalue weighted by Crippen LogP contribution is 2.27. The lowest BCUT2D eigenvalue weighted by molar-refractivity contribution is 0.0699. The zero-order valence-electron chi connectivity index (χ0n) is 9.70. The molecule has 5 heteroatoms. The molecule has 0 saturated carbocycles. The molecular formula is C14H9NO4. The Balaban J connectivity index is 2.34. The van der Waals surface area contributed by atoms with Crippen molar-refractivity contribution in [2.45, 2.75) is 0 Å². The van der Waals surface area contributed by atoms with Gasteiger partial charge < -0.3 is 14.6 Å². The summed E-state index contributed by atoms with van der Waals surface area (Å²) < 4.78 is 5.22. The van der Waals surface area contributed by atoms with Crippen LogP contribution < -0.4 is 0 Å². The van der Waals surface area contributed by atoms with Crippen molar-refractivity contribution < 1.29 is 19.4 Å². The Kier molecular flexibility index (Phi) is 2.45. The number of carbonyl (C=O) groups is 1. The van der Waals surface area contributed by atoms with E-state index in [9.17, 15) is 15.0 Å². The SMILES string of the molecule is O=C(O)c1cc(-c2ccco2)nc2cc(O)ccc12. The number of furan rings is 1. The molecule has 19 heavy (non-hydrogen) atoms. The van der Waals surface area contributed by atoms with Gasteiger partial charge in [-0.2, -0.15) is 0 Å². The summed E-state index contributed by atoms with van der Waals surface area (Å²) in [6.07, 6.45) is 1.49. The smallest absolute Gasteiger partial charge is 0.336 e. The number of phenolic OH excluding ortho intramolecular Hbond substituents is 1. The maximum absolute atomic E-state index is 11.3. The Morgan fingerprint density at radius 1 is 1.21 bits per heavy atom. The van der Waals surface area contributed by atoms with Gasteiger partial charge in [-0.1, -0.05) is 0 Å². The van der Waals surface area contributed by atoms with Gasteiger partial charge in [0.2, 0.25) is 0 Å². The summed E-state index contributed by atoms with van der Waals surface area (Å²) in [5.74, 6) is -0.536. The van der Waals surface area contributed by atoms with Gasteiger partial charge in [0.05, 0.1) is 17.3 Å². The van der Waals surface area contributed by atoms with E-state index in [0.29, 0.717) is 22.4 Å². The van der Waals surface area contributed by atoms with Gasteiger partial charge in [0.1, 0.15) is 11.4 Å². The van der Waals surface area contributed by atoms with Crippen LogP contribution in [0.5, 0.6) is 5.75 Å². The summed E-state index contributed by atoms with van der Waals surface area (Å²) in [5.41, 5.74) is 0.947. The number of aromatic carboxylic acids is 1. The Morgan fingerprint density at radius 3 is 2.74 bits per heavy atom. The minimum atomic E-state index is -1.05. The maximum Gasteiger partial charge on any atom is 0.336 e. The van der Waals surface area contributed by atoms with Crippen LogP contribution in [0.25, 0.3) is 22.4 Å². The predicted octanol–water partition coefficient (Wildman–Crippen LogP) is 2.90. The van der Waals surface area contributed by atoms with E-state index in [4.69, 9.17) is 4.42 Å². The van der Waals surface area contributed by atoms with Gasteiger partial charge in [0, 0.05) is 11.5 Å². The minimum absolute atomic E-state index is 0.0351. The second-order valence-electron chi connectivity index (χ2n) is 4.04. The first-order valence-electron chi connectivity index (χ1n) is 5.56. The molecule has 0 atom stereocenters. The molecule has 0 aliphatic carbocycles. The number of phenols is 1. The third-order valence-corrected chi connectivity index (χ3v) is 2.80. The fourth-order valence-electron chi connectivity index (χ4n) is 1.94. The molecule has 1 aromatic carbocycles. The number of aromatic hydroxyl groups is 1. The Hall–Kier alpha value is -2.82. The average molecular weight is 255 g/mol. The van der Waals surface area contributed by atoms with Crippen LogP contribution in [0, 0.1) is 0 Å². The molecule has 0 fully saturated rings. The molecule has 2 heterocycles. The highest BCUT2D eigenvalue weighted by atomic mass is 16.4. The Bertz CT molecular complexity index is 762. The first kappa shape index (κ1) is 11.3. The van der Waals surface area contributed by atoms with Crippen molar-refractivity contribution in [3.05, 3.63) is 48.2 Å². The first-order valence-corrected chi connectivity index (χ1v) is 5.56. The minimum Gasteiger partial charge on any atom is -0.508 e. The number of fused-ring (bicyclic) bond motifs is 1. The summed E-state index contributed by atoms with van der Waals surface area (Å²) >= 11 is 0. The quantitative estimate of drug-likeness (QED) is 0.735. The summed E-state index contributed by atoms with van der Waals surface area (Å²) in [4.78, 5) is 15.6. The van der Waals surface area contributed by atoms with Crippen molar-refractivity contribution in [2.75, 3.05) is 0 Å². The lowest BCUT2D eigenvalue weighted by atomic mass is 10.1. The zero-order valence-corrected chi connectivity index (χ0v) is 9.70. The van der Waals surface area contributed by atoms with Gasteiger partial charge in [-0.25, -0.2) is 9.78 Å². The molecule has 0 saturated heterocycles. The number of carboxylic acids is 1. The maximum atomic E-state index is 11.3. The second-order valence-corrected chi connectivity index (χ2v) is 4.04. The standard InChI is InChI=1S/C14H9NO4/c16-8-3-4-9-10(14(17)18)7-12(15-11(9)6-8)13-2-1-5-19-13/h1-7,16H,(H,17,18). The number of pyridine rings is 1. The number of hydrogen-bond donors (Lipinski definition) is 2. The summed E-state index contributed by atoms with van der Waals surface area (Å²) in [5, 5.41) is 19.2. The second kappa shape index (κ2) is 4.13. The van der Waals surface area contributed by atoms with Gasteiger partial charge >= 0.3 is 5.97 Å². The van der Waals surface area contributed by atoms with Crippen molar-refractivity contribution in [3.63, 3.8) is 0 Å². The van der Waals surface area contributed by atoms with Crippen LogP contribution in [0.4, 0.5) is 0 Å². The van der Waals surface area contributed by atoms with E-state index in [-0.39, 0.29) is 11.3 Å². The van der Waals surface area contributed by atoms with E-state index in [1.165, 1.54) is 30.5 Å². The normalized spacial score (nSPS) is 10.7. The molecule has 2 N–H and O–H groups in total. The fraction of sp³-hybridized carbons (Fsp3) is 0. The average Bonchev–Trinajstić information content (AvgIpc) is 2.90. The van der Waals surface area contributed by atoms with Gasteiger partial charge in [-0.05, 0) is 30.3 Å². The molecule has 0 radical (unpaired) electrons. The molecule has 94 valence electrons. The summed E-state index contributed by atoms with van der Waals surface area (Å²) in [7, 11) is 0. The molecular weight excluding hydrogens is 246 g/mol. The zero-order chi connectivity index (χ0) is 13.4. The van der Waals surface area contributed by atoms with Crippen LogP contribution in [0.2, 0.25) is 0 Å². The largest absolute Gasteiger partial charge is 0.508 e. The Morgan fingerprint density at radius 2 is 2.05 bits per heavy atom. The summed E-state index contributed by atoms with van der Waals surface area (Å²) in [6, 6.07) is 9.25. The number of rotatable bonds is 2. The highest BCUT2D eigenvalue weighted by molar-refractivity contribution is 6.03. The predicted molar refractivity (Wildman–Crippen MR) is 68.1 cm³/mol. The van der Waals surface area contributed by atoms with Crippen molar-refractivity contribution >= 4 is 16.9 Å². The number of benzene rings is 1. The van der Waals surface area contributed by atoms with Crippen LogP contribution in [-0.2, 0) is 0 Å². The lowest BCUT2D eigenvalue weighted by Crippen LogP contribution is -2.00. The van der Waals surface area contributed by atoms with Crippen molar-refractivity contribution in [3.8, 4) is 17.2 Å². The first-order chi connectivity index (χ1) is 9.15. The van der Waals surface area contributed by atoms with Gasteiger partial charge in [-0.3, -0.25) is 0 Å². The number of aromatic nitrogens is 1. The third kappa shape index (κ3) is 1.91. The molecule has 5 nitrogen and oxygen atoms in total. The van der Waals surface area contributed by atoms with Crippen LogP contribution in [0.15, 0.2) is 47.1 Å². The molecule has 0 amide bonds. The number of nitrogens with zero attached hydrogens (tertiary/aromatic N) is 1. The van der Waals surface area contributed by atoms with E-state index in [1.54, 1.807) is 12.1 Å². The van der Waals surface area contributed by atoms with Gasteiger partial charge in [-0.15, -0.1) is 0 Å². The van der Waals surface area contributed by atoms with E-state index in [1.807, 2.05) is 0 Å².